The number of hydrogen-bond donors (Lipinski definition) is 4. The van der Waals surface area contributed by atoms with Gasteiger partial charge in [0.1, 0.15) is 31.0 Å². The Labute approximate surface area is 339 Å². The number of carbonyl (C=O) groups is 2. The largest absolute Gasteiger partial charge is 0.462 e. The summed E-state index contributed by atoms with van der Waals surface area (Å²) in [5.74, 6) is -0.843. The van der Waals surface area contributed by atoms with Crippen LogP contribution in [-0.2, 0) is 28.5 Å². The molecule has 1 heterocycles. The highest BCUT2D eigenvalue weighted by molar-refractivity contribution is 5.70. The van der Waals surface area contributed by atoms with Crippen molar-refractivity contribution in [1.82, 2.24) is 0 Å². The molecule has 56 heavy (non-hydrogen) atoms. The zero-order valence-corrected chi connectivity index (χ0v) is 35.1. The Balaban J connectivity index is 2.35. The van der Waals surface area contributed by atoms with Crippen molar-refractivity contribution < 1.29 is 49.0 Å². The average molecular weight is 793 g/mol. The molecule has 0 aromatic heterocycles. The summed E-state index contributed by atoms with van der Waals surface area (Å²) in [5, 5.41) is 40.0. The third kappa shape index (κ3) is 28.1. The second-order valence-electron chi connectivity index (χ2n) is 15.2. The Hall–Kier alpha value is -2.34. The van der Waals surface area contributed by atoms with Crippen LogP contribution in [0.25, 0.3) is 0 Å². The Bertz CT molecular complexity index is 1050. The van der Waals surface area contributed by atoms with Gasteiger partial charge < -0.3 is 39.4 Å². The smallest absolute Gasteiger partial charge is 0.306 e. The van der Waals surface area contributed by atoms with E-state index in [1.165, 1.54) is 77.0 Å². The first-order chi connectivity index (χ1) is 27.3. The van der Waals surface area contributed by atoms with Crippen LogP contribution in [-0.4, -0.2) is 89.0 Å². The number of rotatable bonds is 36. The van der Waals surface area contributed by atoms with Gasteiger partial charge in [0, 0.05) is 12.8 Å². The molecular weight excluding hydrogens is 712 g/mol. The van der Waals surface area contributed by atoms with Crippen LogP contribution < -0.4 is 0 Å². The topological polar surface area (TPSA) is 152 Å². The molecule has 1 rings (SSSR count). The van der Waals surface area contributed by atoms with Crippen LogP contribution in [0.4, 0.5) is 0 Å². The van der Waals surface area contributed by atoms with Crippen LogP contribution in [0.5, 0.6) is 0 Å². The maximum absolute atomic E-state index is 12.7. The minimum Gasteiger partial charge on any atom is -0.462 e. The summed E-state index contributed by atoms with van der Waals surface area (Å²) >= 11 is 0. The molecule has 2 unspecified atom stereocenters. The molecule has 0 spiro atoms. The fourth-order valence-corrected chi connectivity index (χ4v) is 6.41. The highest BCUT2D eigenvalue weighted by atomic mass is 16.7. The zero-order chi connectivity index (χ0) is 40.9. The van der Waals surface area contributed by atoms with Crippen LogP contribution >= 0.6 is 0 Å². The van der Waals surface area contributed by atoms with E-state index < -0.39 is 55.4 Å². The number of ether oxygens (including phenoxy) is 4. The first-order valence-corrected chi connectivity index (χ1v) is 22.2. The molecule has 10 heteroatoms. The molecular formula is C46H80O10. The lowest BCUT2D eigenvalue weighted by atomic mass is 9.99. The van der Waals surface area contributed by atoms with Crippen molar-refractivity contribution in [2.75, 3.05) is 19.8 Å². The Morgan fingerprint density at radius 3 is 1.54 bits per heavy atom. The van der Waals surface area contributed by atoms with E-state index in [1.54, 1.807) is 0 Å². The predicted molar refractivity (Wildman–Crippen MR) is 224 cm³/mol. The van der Waals surface area contributed by atoms with E-state index in [-0.39, 0.29) is 26.1 Å². The van der Waals surface area contributed by atoms with Crippen LogP contribution in [0, 0.1) is 0 Å². The highest BCUT2D eigenvalue weighted by Gasteiger charge is 2.44. The van der Waals surface area contributed by atoms with E-state index in [4.69, 9.17) is 18.9 Å². The molecule has 0 aromatic carbocycles. The van der Waals surface area contributed by atoms with E-state index in [1.807, 2.05) is 0 Å². The molecule has 4 N–H and O–H groups in total. The Morgan fingerprint density at radius 2 is 1.00 bits per heavy atom. The SMILES string of the molecule is CCCCC/C=C/C/C=C/C/C=C/C/C=C/CCCCCC(=O)OC[C@@H](CO[C@H]1O[C@@H](CO)[C@@H](O)C(O)C1O)OC(=O)CCCCCCCCCCCCCC. The molecule has 0 aromatic rings. The van der Waals surface area contributed by atoms with E-state index >= 15 is 0 Å². The second-order valence-corrected chi connectivity index (χ2v) is 15.2. The molecule has 0 saturated carbocycles. The van der Waals surface area contributed by atoms with Gasteiger partial charge >= 0.3 is 11.9 Å². The molecule has 324 valence electrons. The van der Waals surface area contributed by atoms with Crippen molar-refractivity contribution in [2.45, 2.75) is 211 Å². The van der Waals surface area contributed by atoms with E-state index in [0.29, 0.717) is 12.8 Å². The van der Waals surface area contributed by atoms with Crippen molar-refractivity contribution in [3.63, 3.8) is 0 Å². The molecule has 1 saturated heterocycles. The van der Waals surface area contributed by atoms with E-state index in [0.717, 1.165) is 57.8 Å². The third-order valence-corrected chi connectivity index (χ3v) is 9.97. The van der Waals surface area contributed by atoms with Gasteiger partial charge in [0.05, 0.1) is 13.2 Å². The van der Waals surface area contributed by atoms with E-state index in [2.05, 4.69) is 62.5 Å². The number of hydrogen-bond acceptors (Lipinski definition) is 10. The molecule has 1 fully saturated rings. The van der Waals surface area contributed by atoms with Crippen molar-refractivity contribution in [3.05, 3.63) is 48.6 Å². The lowest BCUT2D eigenvalue weighted by Gasteiger charge is -2.39. The predicted octanol–water partition coefficient (Wildman–Crippen LogP) is 9.28. The number of carbonyl (C=O) groups excluding carboxylic acids is 2. The molecule has 0 amide bonds. The van der Waals surface area contributed by atoms with E-state index in [9.17, 15) is 30.0 Å². The second kappa shape index (κ2) is 37.0. The quantitative estimate of drug-likeness (QED) is 0.0275. The van der Waals surface area contributed by atoms with Crippen molar-refractivity contribution in [2.24, 2.45) is 0 Å². The maximum atomic E-state index is 12.7. The van der Waals surface area contributed by atoms with Crippen LogP contribution in [0.15, 0.2) is 48.6 Å². The summed E-state index contributed by atoms with van der Waals surface area (Å²) in [6.07, 6.45) is 35.4. The Morgan fingerprint density at radius 1 is 0.554 bits per heavy atom. The number of aliphatic hydroxyl groups is 4. The van der Waals surface area contributed by atoms with Gasteiger partial charge in [-0.25, -0.2) is 0 Å². The minimum atomic E-state index is -1.60. The van der Waals surface area contributed by atoms with Gasteiger partial charge in [-0.1, -0.05) is 152 Å². The molecule has 1 aliphatic rings. The number of aliphatic hydroxyl groups excluding tert-OH is 4. The van der Waals surface area contributed by atoms with Gasteiger partial charge in [-0.2, -0.15) is 0 Å². The van der Waals surface area contributed by atoms with Crippen molar-refractivity contribution in [3.8, 4) is 0 Å². The van der Waals surface area contributed by atoms with Crippen LogP contribution in [0.2, 0.25) is 0 Å². The minimum absolute atomic E-state index is 0.224. The summed E-state index contributed by atoms with van der Waals surface area (Å²) in [7, 11) is 0. The summed E-state index contributed by atoms with van der Waals surface area (Å²) in [6, 6.07) is 0. The van der Waals surface area contributed by atoms with Crippen LogP contribution in [0.1, 0.15) is 174 Å². The zero-order valence-electron chi connectivity index (χ0n) is 35.1. The normalized spacial score (nSPS) is 20.9. The van der Waals surface area contributed by atoms with Crippen molar-refractivity contribution >= 4 is 11.9 Å². The van der Waals surface area contributed by atoms with Gasteiger partial charge in [0.2, 0.25) is 0 Å². The molecule has 6 atom stereocenters. The monoisotopic (exact) mass is 793 g/mol. The lowest BCUT2D eigenvalue weighted by molar-refractivity contribution is -0.305. The van der Waals surface area contributed by atoms with Gasteiger partial charge in [-0.3, -0.25) is 9.59 Å². The summed E-state index contributed by atoms with van der Waals surface area (Å²) < 4.78 is 22.1. The lowest BCUT2D eigenvalue weighted by Crippen LogP contribution is -2.59. The Kier molecular flexibility index (Phi) is 34.1. The van der Waals surface area contributed by atoms with Crippen LogP contribution in [0.3, 0.4) is 0 Å². The average Bonchev–Trinajstić information content (AvgIpc) is 3.19. The van der Waals surface area contributed by atoms with Gasteiger partial charge in [-0.15, -0.1) is 0 Å². The van der Waals surface area contributed by atoms with Gasteiger partial charge in [0.15, 0.2) is 12.4 Å². The van der Waals surface area contributed by atoms with Gasteiger partial charge in [-0.05, 0) is 57.8 Å². The first kappa shape index (κ1) is 51.7. The number of allylic oxidation sites excluding steroid dienone is 8. The summed E-state index contributed by atoms with van der Waals surface area (Å²) in [5.41, 5.74) is 0. The molecule has 0 bridgehead atoms. The molecule has 1 aliphatic heterocycles. The summed E-state index contributed by atoms with van der Waals surface area (Å²) in [4.78, 5) is 25.3. The molecule has 0 radical (unpaired) electrons. The fourth-order valence-electron chi connectivity index (χ4n) is 6.41. The van der Waals surface area contributed by atoms with Gasteiger partial charge in [0.25, 0.3) is 0 Å². The fraction of sp³-hybridized carbons (Fsp3) is 0.783. The highest BCUT2D eigenvalue weighted by Crippen LogP contribution is 2.22. The maximum Gasteiger partial charge on any atom is 0.306 e. The third-order valence-electron chi connectivity index (χ3n) is 9.97. The first-order valence-electron chi connectivity index (χ1n) is 22.2. The number of unbranched alkanes of at least 4 members (excludes halogenated alkanes) is 17. The molecule has 10 nitrogen and oxygen atoms in total. The molecule has 0 aliphatic carbocycles. The standard InChI is InChI=1S/C46H80O10/c1-3-5-7-9-11-13-15-17-18-19-20-21-22-23-25-26-28-30-32-34-41(48)53-37-39(38-54-46-45(52)44(51)43(50)40(36-47)56-46)55-42(49)35-33-31-29-27-24-16-14-12-10-8-6-4-2/h11,13,17-18,20-21,23,25,39-40,43-47,50-52H,3-10,12,14-16,19,22,24,26-38H2,1-2H3/b13-11+,18-17+,21-20+,25-23+/t39-,40-,43+,44?,45?,46-/m0/s1. The summed E-state index contributed by atoms with van der Waals surface area (Å²) in [6.45, 7) is 3.35. The van der Waals surface area contributed by atoms with Crippen molar-refractivity contribution in [1.29, 1.82) is 0 Å². The number of esters is 2.